The number of rotatable bonds is 5. The average Bonchev–Trinajstić information content (AvgIpc) is 3.04. The molecule has 0 saturated carbocycles. The lowest BCUT2D eigenvalue weighted by Gasteiger charge is -2.01. The molecule has 1 heterocycles. The summed E-state index contributed by atoms with van der Waals surface area (Å²) in [5, 5.41) is 14.3. The van der Waals surface area contributed by atoms with Crippen LogP contribution in [-0.4, -0.2) is 23.8 Å². The van der Waals surface area contributed by atoms with Gasteiger partial charge in [-0.1, -0.05) is 24.3 Å². The molecule has 1 N–H and O–H groups in total. The molecular formula is C15H19N3S. The molecule has 0 atom stereocenters. The van der Waals surface area contributed by atoms with E-state index in [4.69, 9.17) is 0 Å². The normalized spacial score (nSPS) is 14.8. The van der Waals surface area contributed by atoms with Crippen LogP contribution in [0.15, 0.2) is 24.3 Å². The topological polar surface area (TPSA) is 37.8 Å². The fourth-order valence-corrected chi connectivity index (χ4v) is 3.67. The minimum atomic E-state index is 0.549. The molecule has 1 aliphatic carbocycles. The summed E-state index contributed by atoms with van der Waals surface area (Å²) >= 11 is 1.80. The van der Waals surface area contributed by atoms with Crippen LogP contribution in [0.3, 0.4) is 0 Å². The monoisotopic (exact) mass is 273 g/mol. The molecular weight excluding hydrogens is 254 g/mol. The Kier molecular flexibility index (Phi) is 3.89. The minimum absolute atomic E-state index is 0.549. The zero-order chi connectivity index (χ0) is 13.1. The van der Waals surface area contributed by atoms with Crippen LogP contribution in [0.4, 0.5) is 0 Å². The number of nitrogens with one attached hydrogen (secondary N) is 1. The number of nitrogens with zero attached hydrogens (tertiary/aromatic N) is 2. The molecule has 3 nitrogen and oxygen atoms in total. The minimum Gasteiger partial charge on any atom is -0.320 e. The van der Waals surface area contributed by atoms with Gasteiger partial charge in [0.2, 0.25) is 0 Å². The van der Waals surface area contributed by atoms with Gasteiger partial charge >= 0.3 is 0 Å². The van der Waals surface area contributed by atoms with Crippen molar-refractivity contribution in [1.29, 1.82) is 0 Å². The summed E-state index contributed by atoms with van der Waals surface area (Å²) in [5.41, 5.74) is 2.97. The predicted molar refractivity (Wildman–Crippen MR) is 78.7 cm³/mol. The van der Waals surface area contributed by atoms with Crippen molar-refractivity contribution in [3.05, 3.63) is 45.4 Å². The second-order valence-electron chi connectivity index (χ2n) is 5.12. The maximum Gasteiger partial charge on any atom is 0.121 e. The van der Waals surface area contributed by atoms with E-state index >= 15 is 0 Å². The molecule has 0 aliphatic heterocycles. The largest absolute Gasteiger partial charge is 0.320 e. The number of aromatic nitrogens is 2. The van der Waals surface area contributed by atoms with Gasteiger partial charge in [-0.25, -0.2) is 0 Å². The van der Waals surface area contributed by atoms with E-state index in [-0.39, 0.29) is 0 Å². The SMILES string of the molecule is CNCCCc1nnc(C2Cc3ccccc3C2)s1. The Hall–Kier alpha value is -1.26. The summed E-state index contributed by atoms with van der Waals surface area (Å²) in [4.78, 5) is 0. The molecule has 19 heavy (non-hydrogen) atoms. The lowest BCUT2D eigenvalue weighted by molar-refractivity contribution is 0.705. The predicted octanol–water partition coefficient (Wildman–Crippen LogP) is 2.57. The fraction of sp³-hybridized carbons (Fsp3) is 0.467. The molecule has 4 heteroatoms. The number of aryl methyl sites for hydroxylation is 1. The van der Waals surface area contributed by atoms with Crippen molar-refractivity contribution in [3.63, 3.8) is 0 Å². The van der Waals surface area contributed by atoms with E-state index in [1.807, 2.05) is 7.05 Å². The molecule has 3 rings (SSSR count). The fourth-order valence-electron chi connectivity index (χ4n) is 2.68. The lowest BCUT2D eigenvalue weighted by Crippen LogP contribution is -2.08. The number of benzene rings is 1. The van der Waals surface area contributed by atoms with Gasteiger partial charge in [-0.15, -0.1) is 21.5 Å². The van der Waals surface area contributed by atoms with E-state index in [1.165, 1.54) is 21.1 Å². The first kappa shape index (κ1) is 12.8. The molecule has 1 aromatic carbocycles. The smallest absolute Gasteiger partial charge is 0.121 e. The third-order valence-electron chi connectivity index (χ3n) is 3.70. The van der Waals surface area contributed by atoms with Gasteiger partial charge in [0.05, 0.1) is 0 Å². The third kappa shape index (κ3) is 2.85. The summed E-state index contributed by atoms with van der Waals surface area (Å²) in [6, 6.07) is 8.74. The van der Waals surface area contributed by atoms with Crippen molar-refractivity contribution >= 4 is 11.3 Å². The molecule has 100 valence electrons. The van der Waals surface area contributed by atoms with Gasteiger partial charge in [-0.2, -0.15) is 0 Å². The van der Waals surface area contributed by atoms with E-state index in [0.29, 0.717) is 5.92 Å². The molecule has 0 spiro atoms. The zero-order valence-electron chi connectivity index (χ0n) is 11.2. The molecule has 0 bridgehead atoms. The number of fused-ring (bicyclic) bond motifs is 1. The summed E-state index contributed by atoms with van der Waals surface area (Å²) in [6.07, 6.45) is 4.43. The Morgan fingerprint density at radius 1 is 1.21 bits per heavy atom. The Labute approximate surface area is 118 Å². The van der Waals surface area contributed by atoms with Gasteiger partial charge in [-0.05, 0) is 44.0 Å². The molecule has 0 amide bonds. The van der Waals surface area contributed by atoms with Crippen LogP contribution in [0.25, 0.3) is 0 Å². The highest BCUT2D eigenvalue weighted by Crippen LogP contribution is 2.35. The van der Waals surface area contributed by atoms with Gasteiger partial charge in [0.1, 0.15) is 10.0 Å². The highest BCUT2D eigenvalue weighted by atomic mass is 32.1. The van der Waals surface area contributed by atoms with Crippen molar-refractivity contribution in [2.45, 2.75) is 31.6 Å². The van der Waals surface area contributed by atoms with Crippen LogP contribution in [0.2, 0.25) is 0 Å². The van der Waals surface area contributed by atoms with Crippen LogP contribution in [0.1, 0.15) is 33.5 Å². The van der Waals surface area contributed by atoms with Gasteiger partial charge in [0.25, 0.3) is 0 Å². The zero-order valence-corrected chi connectivity index (χ0v) is 12.0. The van der Waals surface area contributed by atoms with Gasteiger partial charge < -0.3 is 5.32 Å². The van der Waals surface area contributed by atoms with Gasteiger partial charge in [-0.3, -0.25) is 0 Å². The molecule has 0 saturated heterocycles. The molecule has 2 aromatic rings. The lowest BCUT2D eigenvalue weighted by atomic mass is 10.1. The first-order valence-corrected chi connectivity index (χ1v) is 7.72. The molecule has 1 aromatic heterocycles. The second-order valence-corrected chi connectivity index (χ2v) is 6.21. The van der Waals surface area contributed by atoms with E-state index in [9.17, 15) is 0 Å². The van der Waals surface area contributed by atoms with Crippen LogP contribution < -0.4 is 5.32 Å². The molecule has 0 radical (unpaired) electrons. The number of hydrogen-bond donors (Lipinski definition) is 1. The van der Waals surface area contributed by atoms with Gasteiger partial charge in [0.15, 0.2) is 0 Å². The van der Waals surface area contributed by atoms with E-state index in [2.05, 4.69) is 39.8 Å². The highest BCUT2D eigenvalue weighted by molar-refractivity contribution is 7.11. The maximum atomic E-state index is 4.41. The van der Waals surface area contributed by atoms with Crippen LogP contribution in [0, 0.1) is 0 Å². The van der Waals surface area contributed by atoms with Crippen molar-refractivity contribution < 1.29 is 0 Å². The van der Waals surface area contributed by atoms with Crippen molar-refractivity contribution in [2.75, 3.05) is 13.6 Å². The van der Waals surface area contributed by atoms with Crippen LogP contribution in [-0.2, 0) is 19.3 Å². The summed E-state index contributed by atoms with van der Waals surface area (Å²) in [6.45, 7) is 1.05. The average molecular weight is 273 g/mol. The molecule has 1 aliphatic rings. The summed E-state index contributed by atoms with van der Waals surface area (Å²) in [7, 11) is 1.99. The molecule has 0 fully saturated rings. The highest BCUT2D eigenvalue weighted by Gasteiger charge is 2.25. The summed E-state index contributed by atoms with van der Waals surface area (Å²) < 4.78 is 0. The van der Waals surface area contributed by atoms with E-state index in [1.54, 1.807) is 11.3 Å². The Morgan fingerprint density at radius 3 is 2.63 bits per heavy atom. The van der Waals surface area contributed by atoms with Crippen molar-refractivity contribution in [3.8, 4) is 0 Å². The summed E-state index contributed by atoms with van der Waals surface area (Å²) in [5.74, 6) is 0.549. The Morgan fingerprint density at radius 2 is 1.95 bits per heavy atom. The van der Waals surface area contributed by atoms with Crippen LogP contribution in [0.5, 0.6) is 0 Å². The Balaban J connectivity index is 1.65. The van der Waals surface area contributed by atoms with E-state index < -0.39 is 0 Å². The molecule has 0 unspecified atom stereocenters. The van der Waals surface area contributed by atoms with Crippen molar-refractivity contribution in [1.82, 2.24) is 15.5 Å². The maximum absolute atomic E-state index is 4.41. The number of hydrogen-bond acceptors (Lipinski definition) is 4. The van der Waals surface area contributed by atoms with Crippen molar-refractivity contribution in [2.24, 2.45) is 0 Å². The Bertz CT molecular complexity index is 525. The first-order chi connectivity index (χ1) is 9.36. The second kappa shape index (κ2) is 5.80. The third-order valence-corrected chi connectivity index (χ3v) is 4.85. The van der Waals surface area contributed by atoms with Crippen LogP contribution >= 0.6 is 11.3 Å². The quantitative estimate of drug-likeness (QED) is 0.851. The van der Waals surface area contributed by atoms with Gasteiger partial charge in [0, 0.05) is 12.3 Å². The van der Waals surface area contributed by atoms with E-state index in [0.717, 1.165) is 32.2 Å². The standard InChI is InChI=1S/C15H19N3S/c1-16-8-4-7-14-17-18-15(19-14)13-9-11-5-2-3-6-12(11)10-13/h2-3,5-6,13,16H,4,7-10H2,1H3. The first-order valence-electron chi connectivity index (χ1n) is 6.90.